The van der Waals surface area contributed by atoms with Gasteiger partial charge in [0.1, 0.15) is 0 Å². The average molecular weight is 417 g/mol. The summed E-state index contributed by atoms with van der Waals surface area (Å²) in [6.45, 7) is 3.63. The fourth-order valence-electron chi connectivity index (χ4n) is 2.65. The van der Waals surface area contributed by atoms with Crippen LogP contribution in [-0.2, 0) is 14.8 Å². The van der Waals surface area contributed by atoms with E-state index in [4.69, 9.17) is 0 Å². The standard InChI is InChI=1S/C19H20N4O3S2/c1-3-16(24)20-18-21-22-19(27-18)28(25,26)23-17(14-10-5-4-6-11-14)15-12-8-7-9-13(15)2/h4-12,17,23H,3H2,1-2H3,(H,20,21,24). The number of anilines is 1. The van der Waals surface area contributed by atoms with Gasteiger partial charge in [-0.05, 0) is 23.6 Å². The van der Waals surface area contributed by atoms with Crippen molar-refractivity contribution in [2.75, 3.05) is 5.32 Å². The minimum absolute atomic E-state index is 0.152. The maximum absolute atomic E-state index is 13.0. The fourth-order valence-corrected chi connectivity index (χ4v) is 4.79. The van der Waals surface area contributed by atoms with Crippen LogP contribution in [0, 0.1) is 6.92 Å². The summed E-state index contributed by atoms with van der Waals surface area (Å²) in [6.07, 6.45) is 0.267. The predicted octanol–water partition coefficient (Wildman–Crippen LogP) is 3.26. The van der Waals surface area contributed by atoms with Gasteiger partial charge in [-0.1, -0.05) is 72.9 Å². The second-order valence-electron chi connectivity index (χ2n) is 6.10. The lowest BCUT2D eigenvalue weighted by atomic mass is 9.96. The van der Waals surface area contributed by atoms with E-state index in [0.29, 0.717) is 0 Å². The van der Waals surface area contributed by atoms with Gasteiger partial charge in [0, 0.05) is 6.42 Å². The van der Waals surface area contributed by atoms with E-state index in [2.05, 4.69) is 20.2 Å². The van der Waals surface area contributed by atoms with Crippen LogP contribution in [0.3, 0.4) is 0 Å². The number of sulfonamides is 1. The van der Waals surface area contributed by atoms with E-state index in [0.717, 1.165) is 28.0 Å². The Labute approximate surface area is 167 Å². The van der Waals surface area contributed by atoms with Gasteiger partial charge in [-0.25, -0.2) is 8.42 Å². The van der Waals surface area contributed by atoms with Crippen LogP contribution in [-0.4, -0.2) is 24.5 Å². The van der Waals surface area contributed by atoms with Gasteiger partial charge >= 0.3 is 0 Å². The summed E-state index contributed by atoms with van der Waals surface area (Å²) in [4.78, 5) is 11.5. The number of nitrogens with one attached hydrogen (secondary N) is 2. The Bertz CT molecular complexity index is 1070. The number of aromatic nitrogens is 2. The molecule has 1 unspecified atom stereocenters. The number of benzene rings is 2. The highest BCUT2D eigenvalue weighted by atomic mass is 32.2. The van der Waals surface area contributed by atoms with Gasteiger partial charge in [-0.2, -0.15) is 4.72 Å². The molecule has 2 aromatic carbocycles. The topological polar surface area (TPSA) is 101 Å². The van der Waals surface area contributed by atoms with E-state index in [1.165, 1.54) is 0 Å². The molecular formula is C19H20N4O3S2. The van der Waals surface area contributed by atoms with Crippen LogP contribution in [0.15, 0.2) is 58.9 Å². The number of carbonyl (C=O) groups is 1. The average Bonchev–Trinajstić information content (AvgIpc) is 3.17. The van der Waals surface area contributed by atoms with E-state index in [9.17, 15) is 13.2 Å². The summed E-state index contributed by atoms with van der Waals surface area (Å²) >= 11 is 0.815. The van der Waals surface area contributed by atoms with Crippen LogP contribution in [0.25, 0.3) is 0 Å². The van der Waals surface area contributed by atoms with Crippen molar-refractivity contribution in [1.82, 2.24) is 14.9 Å². The number of nitrogens with zero attached hydrogens (tertiary/aromatic N) is 2. The van der Waals surface area contributed by atoms with Crippen molar-refractivity contribution in [3.8, 4) is 0 Å². The first-order valence-corrected chi connectivity index (χ1v) is 11.0. The molecule has 146 valence electrons. The Morgan fingerprint density at radius 3 is 2.43 bits per heavy atom. The van der Waals surface area contributed by atoms with Crippen LogP contribution in [0.2, 0.25) is 0 Å². The first-order chi connectivity index (χ1) is 13.4. The Hall–Kier alpha value is -2.62. The van der Waals surface area contributed by atoms with Crippen LogP contribution in [0.5, 0.6) is 0 Å². The van der Waals surface area contributed by atoms with Gasteiger partial charge in [0.15, 0.2) is 0 Å². The minimum atomic E-state index is -3.95. The lowest BCUT2D eigenvalue weighted by molar-refractivity contribution is -0.115. The number of rotatable bonds is 7. The molecule has 0 aliphatic rings. The lowest BCUT2D eigenvalue weighted by Gasteiger charge is -2.20. The largest absolute Gasteiger partial charge is 0.301 e. The van der Waals surface area contributed by atoms with Crippen LogP contribution >= 0.6 is 11.3 Å². The van der Waals surface area contributed by atoms with Crippen molar-refractivity contribution < 1.29 is 13.2 Å². The molecule has 1 heterocycles. The highest BCUT2D eigenvalue weighted by Gasteiger charge is 2.27. The number of carbonyl (C=O) groups excluding carboxylic acids is 1. The van der Waals surface area contributed by atoms with Crippen molar-refractivity contribution in [2.45, 2.75) is 30.6 Å². The highest BCUT2D eigenvalue weighted by molar-refractivity contribution is 7.91. The summed E-state index contributed by atoms with van der Waals surface area (Å²) in [5, 5.41) is 10.2. The molecule has 0 bridgehead atoms. The van der Waals surface area contributed by atoms with Crippen molar-refractivity contribution in [3.63, 3.8) is 0 Å². The van der Waals surface area contributed by atoms with Gasteiger partial charge in [-0.3, -0.25) is 4.79 Å². The first-order valence-electron chi connectivity index (χ1n) is 8.67. The quantitative estimate of drug-likeness (QED) is 0.576. The zero-order chi connectivity index (χ0) is 20.1. The molecule has 0 aliphatic heterocycles. The Morgan fingerprint density at radius 2 is 1.75 bits per heavy atom. The molecule has 0 spiro atoms. The smallest absolute Gasteiger partial charge is 0.270 e. The van der Waals surface area contributed by atoms with Gasteiger partial charge < -0.3 is 5.32 Å². The second kappa shape index (κ2) is 8.59. The monoisotopic (exact) mass is 416 g/mol. The summed E-state index contributed by atoms with van der Waals surface area (Å²) in [6, 6.07) is 16.4. The zero-order valence-corrected chi connectivity index (χ0v) is 17.0. The second-order valence-corrected chi connectivity index (χ2v) is 8.96. The minimum Gasteiger partial charge on any atom is -0.301 e. The number of amides is 1. The molecule has 9 heteroatoms. The third-order valence-corrected chi connectivity index (χ3v) is 6.74. The molecule has 0 radical (unpaired) electrons. The molecule has 1 atom stereocenters. The van der Waals surface area contributed by atoms with Crippen molar-refractivity contribution >= 4 is 32.4 Å². The normalized spacial score (nSPS) is 12.5. The maximum Gasteiger partial charge on any atom is 0.270 e. The fraction of sp³-hybridized carbons (Fsp3) is 0.211. The Balaban J connectivity index is 1.94. The molecule has 0 saturated heterocycles. The third kappa shape index (κ3) is 4.61. The molecule has 0 aliphatic carbocycles. The summed E-state index contributed by atoms with van der Waals surface area (Å²) in [5.41, 5.74) is 2.62. The molecule has 0 saturated carbocycles. The molecule has 7 nitrogen and oxygen atoms in total. The summed E-state index contributed by atoms with van der Waals surface area (Å²) in [7, 11) is -3.95. The van der Waals surface area contributed by atoms with Gasteiger partial charge in [0.2, 0.25) is 15.4 Å². The predicted molar refractivity (Wildman–Crippen MR) is 109 cm³/mol. The van der Waals surface area contributed by atoms with Gasteiger partial charge in [0.05, 0.1) is 6.04 Å². The Kier molecular flexibility index (Phi) is 6.18. The maximum atomic E-state index is 13.0. The van der Waals surface area contributed by atoms with E-state index >= 15 is 0 Å². The van der Waals surface area contributed by atoms with Gasteiger partial charge in [-0.15, -0.1) is 10.2 Å². The zero-order valence-electron chi connectivity index (χ0n) is 15.4. The molecular weight excluding hydrogens is 396 g/mol. The van der Waals surface area contributed by atoms with E-state index in [-0.39, 0.29) is 21.8 Å². The van der Waals surface area contributed by atoms with E-state index < -0.39 is 16.1 Å². The summed E-state index contributed by atoms with van der Waals surface area (Å²) in [5.74, 6) is -0.255. The molecule has 28 heavy (non-hydrogen) atoms. The first kappa shape index (κ1) is 20.1. The molecule has 3 aromatic rings. The van der Waals surface area contributed by atoms with Gasteiger partial charge in [0.25, 0.3) is 10.0 Å². The molecule has 0 fully saturated rings. The van der Waals surface area contributed by atoms with Crippen LogP contribution < -0.4 is 10.0 Å². The van der Waals surface area contributed by atoms with E-state index in [1.807, 2.05) is 61.5 Å². The summed E-state index contributed by atoms with van der Waals surface area (Å²) < 4.78 is 28.4. The SMILES string of the molecule is CCC(=O)Nc1nnc(S(=O)(=O)NC(c2ccccc2)c2ccccc2C)s1. The lowest BCUT2D eigenvalue weighted by Crippen LogP contribution is -2.30. The molecule has 1 aromatic heterocycles. The third-order valence-electron chi connectivity index (χ3n) is 4.11. The number of aryl methyl sites for hydroxylation is 1. The van der Waals surface area contributed by atoms with Crippen molar-refractivity contribution in [1.29, 1.82) is 0 Å². The van der Waals surface area contributed by atoms with Crippen LogP contribution in [0.1, 0.15) is 36.1 Å². The van der Waals surface area contributed by atoms with Crippen molar-refractivity contribution in [3.05, 3.63) is 71.3 Å². The molecule has 2 N–H and O–H groups in total. The molecule has 3 rings (SSSR count). The van der Waals surface area contributed by atoms with Crippen molar-refractivity contribution in [2.24, 2.45) is 0 Å². The highest BCUT2D eigenvalue weighted by Crippen LogP contribution is 2.28. The van der Waals surface area contributed by atoms with Crippen LogP contribution in [0.4, 0.5) is 5.13 Å². The Morgan fingerprint density at radius 1 is 1.07 bits per heavy atom. The molecule has 1 amide bonds. The van der Waals surface area contributed by atoms with E-state index in [1.54, 1.807) is 6.92 Å². The number of hydrogen-bond donors (Lipinski definition) is 2. The number of hydrogen-bond acceptors (Lipinski definition) is 6.